The Bertz CT molecular complexity index is 641. The van der Waals surface area contributed by atoms with E-state index < -0.39 is 4.92 Å². The van der Waals surface area contributed by atoms with Crippen LogP contribution in [0.15, 0.2) is 24.5 Å². The Morgan fingerprint density at radius 1 is 1.29 bits per heavy atom. The number of anilines is 1. The second-order valence-electron chi connectivity index (χ2n) is 5.19. The summed E-state index contributed by atoms with van der Waals surface area (Å²) in [5, 5.41) is 15.0. The molecule has 0 aliphatic carbocycles. The van der Waals surface area contributed by atoms with Crippen LogP contribution in [0.3, 0.4) is 0 Å². The van der Waals surface area contributed by atoms with Gasteiger partial charge in [-0.25, -0.2) is 9.97 Å². The first-order chi connectivity index (χ1) is 10.1. The van der Waals surface area contributed by atoms with Crippen LogP contribution in [0.4, 0.5) is 11.5 Å². The van der Waals surface area contributed by atoms with Crippen LogP contribution in [-0.4, -0.2) is 20.9 Å². The topological polar surface area (TPSA) is 81.0 Å². The highest BCUT2D eigenvalue weighted by atomic mass is 16.6. The summed E-state index contributed by atoms with van der Waals surface area (Å²) in [6.45, 7) is 6.44. The predicted molar refractivity (Wildman–Crippen MR) is 83.3 cm³/mol. The van der Waals surface area contributed by atoms with Crippen molar-refractivity contribution in [1.82, 2.24) is 9.97 Å². The molecule has 1 atom stereocenters. The van der Waals surface area contributed by atoms with E-state index in [1.807, 2.05) is 0 Å². The molecule has 0 saturated carbocycles. The normalized spacial score (nSPS) is 12.6. The fraction of sp³-hybridized carbons (Fsp3) is 0.467. The second kappa shape index (κ2) is 6.47. The van der Waals surface area contributed by atoms with Crippen LogP contribution in [0.1, 0.15) is 33.6 Å². The molecule has 0 aliphatic rings. The zero-order valence-electron chi connectivity index (χ0n) is 12.5. The summed E-state index contributed by atoms with van der Waals surface area (Å²) < 4.78 is 0. The number of fused-ring (bicyclic) bond motifs is 1. The largest absolute Gasteiger partial charge is 0.367 e. The van der Waals surface area contributed by atoms with Crippen molar-refractivity contribution in [3.63, 3.8) is 0 Å². The van der Waals surface area contributed by atoms with E-state index in [2.05, 4.69) is 36.1 Å². The van der Waals surface area contributed by atoms with Gasteiger partial charge in [-0.1, -0.05) is 26.7 Å². The predicted octanol–water partition coefficient (Wildman–Crippen LogP) is 3.77. The molecule has 21 heavy (non-hydrogen) atoms. The molecule has 1 aromatic heterocycles. The van der Waals surface area contributed by atoms with Crippen molar-refractivity contribution < 1.29 is 4.92 Å². The molecule has 6 nitrogen and oxygen atoms in total. The van der Waals surface area contributed by atoms with Gasteiger partial charge in [-0.05, 0) is 18.9 Å². The zero-order valence-corrected chi connectivity index (χ0v) is 12.5. The lowest BCUT2D eigenvalue weighted by molar-refractivity contribution is -0.384. The maximum absolute atomic E-state index is 10.9. The molecular formula is C15H20N4O2. The van der Waals surface area contributed by atoms with E-state index in [-0.39, 0.29) is 11.7 Å². The van der Waals surface area contributed by atoms with Crippen LogP contribution in [0.2, 0.25) is 0 Å². The van der Waals surface area contributed by atoms with Crippen molar-refractivity contribution in [2.24, 2.45) is 5.92 Å². The van der Waals surface area contributed by atoms with Gasteiger partial charge in [-0.2, -0.15) is 0 Å². The third kappa shape index (κ3) is 3.26. The lowest BCUT2D eigenvalue weighted by Crippen LogP contribution is -2.25. The Hall–Kier alpha value is -2.24. The molecule has 1 aromatic carbocycles. The highest BCUT2D eigenvalue weighted by molar-refractivity contribution is 5.90. The number of nitrogens with zero attached hydrogens (tertiary/aromatic N) is 3. The van der Waals surface area contributed by atoms with Gasteiger partial charge in [0, 0.05) is 23.6 Å². The Balaban J connectivity index is 2.39. The van der Waals surface area contributed by atoms with Crippen LogP contribution >= 0.6 is 0 Å². The molecular weight excluding hydrogens is 268 g/mol. The lowest BCUT2D eigenvalue weighted by atomic mass is 9.95. The molecule has 1 unspecified atom stereocenters. The Kier molecular flexibility index (Phi) is 4.67. The molecule has 2 rings (SSSR count). The van der Waals surface area contributed by atoms with Gasteiger partial charge in [0.1, 0.15) is 12.1 Å². The number of nitro groups is 1. The molecule has 0 saturated heterocycles. The van der Waals surface area contributed by atoms with Gasteiger partial charge in [0.15, 0.2) is 0 Å². The van der Waals surface area contributed by atoms with Crippen molar-refractivity contribution in [3.05, 3.63) is 34.6 Å². The van der Waals surface area contributed by atoms with E-state index in [1.54, 1.807) is 6.07 Å². The summed E-state index contributed by atoms with van der Waals surface area (Å²) in [6, 6.07) is 4.89. The third-order valence-corrected chi connectivity index (χ3v) is 3.95. The molecule has 0 bridgehead atoms. The molecule has 6 heteroatoms. The molecule has 2 aromatic rings. The number of rotatable bonds is 6. The van der Waals surface area contributed by atoms with E-state index in [4.69, 9.17) is 0 Å². The van der Waals surface area contributed by atoms with Crippen LogP contribution in [0.5, 0.6) is 0 Å². The summed E-state index contributed by atoms with van der Waals surface area (Å²) >= 11 is 0. The number of nitrogens with one attached hydrogen (secondary N) is 1. The molecule has 1 N–H and O–H groups in total. The molecule has 0 amide bonds. The van der Waals surface area contributed by atoms with Crippen molar-refractivity contribution in [2.45, 2.75) is 39.7 Å². The van der Waals surface area contributed by atoms with Gasteiger partial charge in [-0.15, -0.1) is 0 Å². The van der Waals surface area contributed by atoms with Crippen LogP contribution in [0, 0.1) is 16.0 Å². The minimum atomic E-state index is -0.402. The monoisotopic (exact) mass is 288 g/mol. The summed E-state index contributed by atoms with van der Waals surface area (Å²) in [5.74, 6) is 1.19. The Morgan fingerprint density at radius 3 is 2.62 bits per heavy atom. The van der Waals surface area contributed by atoms with Crippen molar-refractivity contribution in [1.29, 1.82) is 0 Å². The molecule has 1 heterocycles. The van der Waals surface area contributed by atoms with Crippen LogP contribution < -0.4 is 5.32 Å². The maximum Gasteiger partial charge on any atom is 0.270 e. The zero-order chi connectivity index (χ0) is 15.4. The number of non-ortho nitro benzene ring substituents is 1. The average Bonchev–Trinajstić information content (AvgIpc) is 2.48. The van der Waals surface area contributed by atoms with Gasteiger partial charge in [0.25, 0.3) is 5.69 Å². The van der Waals surface area contributed by atoms with Gasteiger partial charge in [0.05, 0.1) is 10.4 Å². The molecule has 0 aliphatic heterocycles. The number of hydrogen-bond donors (Lipinski definition) is 1. The van der Waals surface area contributed by atoms with E-state index in [1.165, 1.54) is 18.5 Å². The summed E-state index contributed by atoms with van der Waals surface area (Å²) in [5.41, 5.74) is 0.755. The number of nitro benzene ring substituents is 1. The highest BCUT2D eigenvalue weighted by Crippen LogP contribution is 2.26. The molecule has 0 fully saturated rings. The fourth-order valence-corrected chi connectivity index (χ4v) is 2.60. The standard InChI is InChI=1S/C15H20N4O2/c1-4-11(5-2)10(3)18-15-13-8-12(19(20)21)6-7-14(13)16-9-17-15/h6-11H,4-5H2,1-3H3,(H,16,17,18). The number of benzene rings is 1. The SMILES string of the molecule is CCC(CC)C(C)Nc1ncnc2ccc([N+](=O)[O-])cc12. The van der Waals surface area contributed by atoms with Crippen LogP contribution in [0.25, 0.3) is 10.9 Å². The van der Waals surface area contributed by atoms with Crippen molar-refractivity contribution in [3.8, 4) is 0 Å². The van der Waals surface area contributed by atoms with E-state index >= 15 is 0 Å². The van der Waals surface area contributed by atoms with E-state index in [0.717, 1.165) is 12.8 Å². The number of hydrogen-bond acceptors (Lipinski definition) is 5. The summed E-state index contributed by atoms with van der Waals surface area (Å²) in [4.78, 5) is 18.9. The third-order valence-electron chi connectivity index (χ3n) is 3.95. The Labute approximate surface area is 123 Å². The van der Waals surface area contributed by atoms with E-state index in [0.29, 0.717) is 22.6 Å². The van der Waals surface area contributed by atoms with Crippen molar-refractivity contribution >= 4 is 22.4 Å². The van der Waals surface area contributed by atoms with E-state index in [9.17, 15) is 10.1 Å². The molecule has 0 radical (unpaired) electrons. The first kappa shape index (κ1) is 15.2. The maximum atomic E-state index is 10.9. The van der Waals surface area contributed by atoms with Crippen molar-refractivity contribution in [2.75, 3.05) is 5.32 Å². The second-order valence-corrected chi connectivity index (χ2v) is 5.19. The fourth-order valence-electron chi connectivity index (χ4n) is 2.60. The smallest absolute Gasteiger partial charge is 0.270 e. The first-order valence-corrected chi connectivity index (χ1v) is 7.22. The minimum Gasteiger partial charge on any atom is -0.367 e. The quantitative estimate of drug-likeness (QED) is 0.646. The van der Waals surface area contributed by atoms with Gasteiger partial charge < -0.3 is 5.32 Å². The van der Waals surface area contributed by atoms with Gasteiger partial charge in [-0.3, -0.25) is 10.1 Å². The van der Waals surface area contributed by atoms with Gasteiger partial charge >= 0.3 is 0 Å². The van der Waals surface area contributed by atoms with Gasteiger partial charge in [0.2, 0.25) is 0 Å². The summed E-state index contributed by atoms with van der Waals surface area (Å²) in [6.07, 6.45) is 3.64. The van der Waals surface area contributed by atoms with Crippen LogP contribution in [-0.2, 0) is 0 Å². The summed E-state index contributed by atoms with van der Waals surface area (Å²) in [7, 11) is 0. The highest BCUT2D eigenvalue weighted by Gasteiger charge is 2.16. The number of aromatic nitrogens is 2. The first-order valence-electron chi connectivity index (χ1n) is 7.22. The average molecular weight is 288 g/mol. The molecule has 112 valence electrons. The Morgan fingerprint density at radius 2 is 2.00 bits per heavy atom. The molecule has 0 spiro atoms. The lowest BCUT2D eigenvalue weighted by Gasteiger charge is -2.23. The minimum absolute atomic E-state index is 0.0514.